The minimum Gasteiger partial charge on any atom is -0.490 e. The maximum Gasteiger partial charge on any atom is 0.179 e. The van der Waals surface area contributed by atoms with Gasteiger partial charge in [-0.15, -0.1) is 0 Å². The van der Waals surface area contributed by atoms with E-state index in [1.54, 1.807) is 12.1 Å². The molecule has 0 atom stereocenters. The van der Waals surface area contributed by atoms with Crippen LogP contribution in [-0.2, 0) is 0 Å². The Balaban J connectivity index is 2.01. The Morgan fingerprint density at radius 3 is 2.73 bits per heavy atom. The van der Waals surface area contributed by atoms with Crippen molar-refractivity contribution in [3.8, 4) is 11.5 Å². The summed E-state index contributed by atoms with van der Waals surface area (Å²) in [5.41, 5.74) is 0.666. The molecule has 0 bridgehead atoms. The first-order valence-corrected chi connectivity index (χ1v) is 8.11. The van der Waals surface area contributed by atoms with Crippen molar-refractivity contribution in [2.45, 2.75) is 26.2 Å². The van der Waals surface area contributed by atoms with Crippen LogP contribution in [0.5, 0.6) is 11.5 Å². The Morgan fingerprint density at radius 2 is 2.05 bits per heavy atom. The fraction of sp³-hybridized carbons (Fsp3) is 0.562. The second-order valence-electron chi connectivity index (χ2n) is 5.26. The van der Waals surface area contributed by atoms with Gasteiger partial charge in [-0.3, -0.25) is 4.90 Å². The molecular weight excluding hydrogens is 304 g/mol. The molecule has 1 N–H and O–H groups in total. The molecule has 1 aliphatic rings. The first-order valence-electron chi connectivity index (χ1n) is 7.73. The van der Waals surface area contributed by atoms with E-state index in [4.69, 9.17) is 26.3 Å². The molecule has 6 heteroatoms. The number of hydrogen-bond donors (Lipinski definition) is 1. The average molecular weight is 327 g/mol. The third-order valence-electron chi connectivity index (χ3n) is 3.64. The molecule has 122 valence electrons. The van der Waals surface area contributed by atoms with Gasteiger partial charge < -0.3 is 14.7 Å². The lowest BCUT2D eigenvalue weighted by Gasteiger charge is -2.26. The number of likely N-dealkylation sites (tertiary alicyclic amines) is 1. The Hall–Kier alpha value is -1.46. The molecule has 0 saturated carbocycles. The van der Waals surface area contributed by atoms with Crippen LogP contribution in [0.3, 0.4) is 0 Å². The van der Waals surface area contributed by atoms with E-state index in [1.807, 2.05) is 6.92 Å². The van der Waals surface area contributed by atoms with Gasteiger partial charge in [0.1, 0.15) is 6.61 Å². The zero-order valence-electron chi connectivity index (χ0n) is 12.9. The Labute approximate surface area is 136 Å². The topological polar surface area (TPSA) is 54.3 Å². The maximum atomic E-state index is 8.64. The summed E-state index contributed by atoms with van der Waals surface area (Å²) in [6, 6.07) is 3.45. The number of oxime groups is 1. The first-order chi connectivity index (χ1) is 10.7. The van der Waals surface area contributed by atoms with Gasteiger partial charge in [0.2, 0.25) is 0 Å². The SMILES string of the molecule is CCOc1cc(C=NO)cc(Cl)c1OCCN1CCCCC1. The van der Waals surface area contributed by atoms with Crippen molar-refractivity contribution in [3.05, 3.63) is 22.7 Å². The molecule has 1 fully saturated rings. The van der Waals surface area contributed by atoms with E-state index in [9.17, 15) is 0 Å². The number of nitrogens with zero attached hydrogens (tertiary/aromatic N) is 2. The highest BCUT2D eigenvalue weighted by molar-refractivity contribution is 6.32. The average Bonchev–Trinajstić information content (AvgIpc) is 2.51. The van der Waals surface area contributed by atoms with Gasteiger partial charge in [0.05, 0.1) is 17.8 Å². The molecule has 0 aliphatic carbocycles. The van der Waals surface area contributed by atoms with Crippen LogP contribution in [-0.4, -0.2) is 49.2 Å². The zero-order chi connectivity index (χ0) is 15.8. The number of benzene rings is 1. The van der Waals surface area contributed by atoms with Gasteiger partial charge in [-0.05, 0) is 45.0 Å². The third kappa shape index (κ3) is 4.78. The monoisotopic (exact) mass is 326 g/mol. The molecule has 0 aromatic heterocycles. The molecule has 2 rings (SSSR count). The van der Waals surface area contributed by atoms with Crippen LogP contribution < -0.4 is 9.47 Å². The van der Waals surface area contributed by atoms with Crippen LogP contribution in [0.25, 0.3) is 0 Å². The Bertz CT molecular complexity index is 502. The summed E-state index contributed by atoms with van der Waals surface area (Å²) in [7, 11) is 0. The molecule has 0 spiro atoms. The minimum atomic E-state index is 0.458. The van der Waals surface area contributed by atoms with Gasteiger partial charge in [-0.1, -0.05) is 23.2 Å². The molecular formula is C16H23ClN2O3. The molecule has 1 aromatic rings. The predicted molar refractivity (Wildman–Crippen MR) is 87.8 cm³/mol. The van der Waals surface area contributed by atoms with Crippen LogP contribution >= 0.6 is 11.6 Å². The van der Waals surface area contributed by atoms with E-state index in [1.165, 1.54) is 25.5 Å². The smallest absolute Gasteiger partial charge is 0.179 e. The van der Waals surface area contributed by atoms with Gasteiger partial charge in [0.15, 0.2) is 11.5 Å². The number of rotatable bonds is 7. The van der Waals surface area contributed by atoms with Crippen LogP contribution in [0.1, 0.15) is 31.7 Å². The molecule has 1 aliphatic heterocycles. The maximum absolute atomic E-state index is 8.64. The lowest BCUT2D eigenvalue weighted by molar-refractivity contribution is 0.179. The summed E-state index contributed by atoms with van der Waals surface area (Å²) in [5, 5.41) is 12.1. The fourth-order valence-electron chi connectivity index (χ4n) is 2.59. The lowest BCUT2D eigenvalue weighted by atomic mass is 10.1. The minimum absolute atomic E-state index is 0.458. The lowest BCUT2D eigenvalue weighted by Crippen LogP contribution is -2.33. The molecule has 5 nitrogen and oxygen atoms in total. The van der Waals surface area contributed by atoms with Crippen molar-refractivity contribution in [3.63, 3.8) is 0 Å². The quantitative estimate of drug-likeness (QED) is 0.474. The summed E-state index contributed by atoms with van der Waals surface area (Å²) in [5.74, 6) is 1.12. The molecule has 22 heavy (non-hydrogen) atoms. The Kier molecular flexibility index (Phi) is 6.80. The van der Waals surface area contributed by atoms with E-state index >= 15 is 0 Å². The second kappa shape index (κ2) is 8.86. The van der Waals surface area contributed by atoms with E-state index in [0.717, 1.165) is 19.6 Å². The van der Waals surface area contributed by atoms with E-state index in [0.29, 0.717) is 35.3 Å². The molecule has 0 amide bonds. The Morgan fingerprint density at radius 1 is 1.27 bits per heavy atom. The van der Waals surface area contributed by atoms with Gasteiger partial charge in [0, 0.05) is 12.1 Å². The van der Waals surface area contributed by atoms with Gasteiger partial charge >= 0.3 is 0 Å². The largest absolute Gasteiger partial charge is 0.490 e. The van der Waals surface area contributed by atoms with Crippen LogP contribution in [0, 0.1) is 0 Å². The van der Waals surface area contributed by atoms with Crippen LogP contribution in [0.15, 0.2) is 17.3 Å². The second-order valence-corrected chi connectivity index (χ2v) is 5.67. The highest BCUT2D eigenvalue weighted by Gasteiger charge is 2.14. The fourth-order valence-corrected chi connectivity index (χ4v) is 2.87. The highest BCUT2D eigenvalue weighted by atomic mass is 35.5. The predicted octanol–water partition coefficient (Wildman–Crippen LogP) is 3.41. The molecule has 1 saturated heterocycles. The van der Waals surface area contributed by atoms with E-state index in [2.05, 4.69) is 10.1 Å². The van der Waals surface area contributed by atoms with Crippen molar-refractivity contribution in [1.82, 2.24) is 4.90 Å². The highest BCUT2D eigenvalue weighted by Crippen LogP contribution is 2.36. The zero-order valence-corrected chi connectivity index (χ0v) is 13.7. The number of ether oxygens (including phenoxy) is 2. The van der Waals surface area contributed by atoms with Crippen LogP contribution in [0.4, 0.5) is 0 Å². The van der Waals surface area contributed by atoms with Gasteiger partial charge in [-0.2, -0.15) is 0 Å². The number of halogens is 1. The number of hydrogen-bond acceptors (Lipinski definition) is 5. The first kappa shape index (κ1) is 16.9. The van der Waals surface area contributed by atoms with Crippen molar-refractivity contribution >= 4 is 17.8 Å². The standard InChI is InChI=1S/C16H23ClN2O3/c1-2-21-15-11-13(12-18-20)10-14(17)16(15)22-9-8-19-6-4-3-5-7-19/h10-12,20H,2-9H2,1H3. The summed E-state index contributed by atoms with van der Waals surface area (Å²) >= 11 is 6.27. The van der Waals surface area contributed by atoms with Crippen molar-refractivity contribution in [2.24, 2.45) is 5.16 Å². The van der Waals surface area contributed by atoms with Crippen molar-refractivity contribution in [1.29, 1.82) is 0 Å². The van der Waals surface area contributed by atoms with E-state index < -0.39 is 0 Å². The van der Waals surface area contributed by atoms with Gasteiger partial charge in [0.25, 0.3) is 0 Å². The normalized spacial score (nSPS) is 16.1. The summed E-state index contributed by atoms with van der Waals surface area (Å²) in [6.45, 7) is 6.16. The summed E-state index contributed by atoms with van der Waals surface area (Å²) in [6.07, 6.45) is 5.16. The number of piperidine rings is 1. The van der Waals surface area contributed by atoms with Crippen molar-refractivity contribution < 1.29 is 14.7 Å². The van der Waals surface area contributed by atoms with Crippen molar-refractivity contribution in [2.75, 3.05) is 32.8 Å². The molecule has 0 radical (unpaired) electrons. The molecule has 0 unspecified atom stereocenters. The summed E-state index contributed by atoms with van der Waals surface area (Å²) < 4.78 is 11.4. The molecule has 1 heterocycles. The van der Waals surface area contributed by atoms with E-state index in [-0.39, 0.29) is 0 Å². The third-order valence-corrected chi connectivity index (χ3v) is 3.92. The van der Waals surface area contributed by atoms with Crippen LogP contribution in [0.2, 0.25) is 5.02 Å². The summed E-state index contributed by atoms with van der Waals surface area (Å²) in [4.78, 5) is 2.41. The van der Waals surface area contributed by atoms with Gasteiger partial charge in [-0.25, -0.2) is 0 Å². The molecule has 1 aromatic carbocycles.